The number of nitriles is 1. The Hall–Kier alpha value is -2.99. The zero-order chi connectivity index (χ0) is 16.6. The second-order valence-corrected chi connectivity index (χ2v) is 6.12. The summed E-state index contributed by atoms with van der Waals surface area (Å²) in [5.74, 6) is 0. The molecule has 3 rings (SSSR count). The summed E-state index contributed by atoms with van der Waals surface area (Å²) < 4.78 is 0. The molecule has 0 unspecified atom stereocenters. The lowest BCUT2D eigenvalue weighted by atomic mass is 10.1. The number of rotatable bonds is 4. The molecule has 0 fully saturated rings. The molecule has 9 heteroatoms. The number of aryl methyl sites for hydroxylation is 1. The lowest BCUT2D eigenvalue weighted by molar-refractivity contribution is -0.393. The van der Waals surface area contributed by atoms with Gasteiger partial charge in [-0.3, -0.25) is 20.2 Å². The van der Waals surface area contributed by atoms with Crippen molar-refractivity contribution in [2.24, 2.45) is 0 Å². The fourth-order valence-electron chi connectivity index (χ4n) is 2.62. The molecule has 1 aromatic carbocycles. The molecule has 23 heavy (non-hydrogen) atoms. The molecular formula is C14H10N4O4S. The van der Waals surface area contributed by atoms with Gasteiger partial charge >= 0.3 is 0 Å². The van der Waals surface area contributed by atoms with Crippen LogP contribution in [0.5, 0.6) is 0 Å². The molecule has 1 aromatic heterocycles. The summed E-state index contributed by atoms with van der Waals surface area (Å²) in [6, 6.07) is 5.55. The quantitative estimate of drug-likeness (QED) is 0.674. The molecule has 1 aliphatic carbocycles. The van der Waals surface area contributed by atoms with Crippen molar-refractivity contribution in [2.45, 2.75) is 19.3 Å². The van der Waals surface area contributed by atoms with E-state index in [-0.39, 0.29) is 11.4 Å². The number of nitrogens with zero attached hydrogens (tertiary/aromatic N) is 3. The van der Waals surface area contributed by atoms with Crippen LogP contribution in [0.4, 0.5) is 22.1 Å². The summed E-state index contributed by atoms with van der Waals surface area (Å²) in [6.45, 7) is 0. The molecule has 1 aliphatic rings. The fourth-order valence-corrected chi connectivity index (χ4v) is 3.88. The molecule has 1 N–H and O–H groups in total. The number of nitrogens with one attached hydrogen (secondary N) is 1. The average Bonchev–Trinajstić information content (AvgIpc) is 3.07. The number of nitro benzene ring substituents is 2. The van der Waals surface area contributed by atoms with Crippen molar-refractivity contribution in [2.75, 3.05) is 5.32 Å². The number of thiophene rings is 1. The van der Waals surface area contributed by atoms with E-state index < -0.39 is 15.5 Å². The first-order chi connectivity index (χ1) is 11.0. The van der Waals surface area contributed by atoms with Crippen LogP contribution in [0.25, 0.3) is 0 Å². The summed E-state index contributed by atoms with van der Waals surface area (Å²) in [6.07, 6.45) is 2.74. The van der Waals surface area contributed by atoms with Crippen LogP contribution >= 0.6 is 11.3 Å². The Bertz CT molecular complexity index is 868. The molecule has 2 aromatic rings. The maximum Gasteiger partial charge on any atom is 0.299 e. The van der Waals surface area contributed by atoms with Gasteiger partial charge in [0.05, 0.1) is 21.5 Å². The second kappa shape index (κ2) is 5.66. The Morgan fingerprint density at radius 2 is 2.00 bits per heavy atom. The number of hydrogen-bond donors (Lipinski definition) is 1. The molecule has 0 bridgehead atoms. The van der Waals surface area contributed by atoms with Crippen molar-refractivity contribution in [1.82, 2.24) is 0 Å². The third-order valence-corrected chi connectivity index (χ3v) is 4.88. The van der Waals surface area contributed by atoms with Crippen molar-refractivity contribution in [1.29, 1.82) is 5.26 Å². The molecular weight excluding hydrogens is 320 g/mol. The Morgan fingerprint density at radius 1 is 1.22 bits per heavy atom. The number of non-ortho nitro benzene ring substituents is 1. The van der Waals surface area contributed by atoms with Crippen molar-refractivity contribution in [3.63, 3.8) is 0 Å². The number of hydrogen-bond acceptors (Lipinski definition) is 7. The minimum atomic E-state index is -0.683. The topological polar surface area (TPSA) is 122 Å². The first kappa shape index (κ1) is 14.9. The van der Waals surface area contributed by atoms with E-state index in [4.69, 9.17) is 0 Å². The van der Waals surface area contributed by atoms with E-state index in [9.17, 15) is 25.5 Å². The van der Waals surface area contributed by atoms with Crippen LogP contribution in [0.1, 0.15) is 22.4 Å². The summed E-state index contributed by atoms with van der Waals surface area (Å²) >= 11 is 1.41. The molecule has 0 aliphatic heterocycles. The summed E-state index contributed by atoms with van der Waals surface area (Å²) in [5, 5.41) is 34.7. The SMILES string of the molecule is N#Cc1c(Nc2ccc([N+](=O)[O-])cc2[N+](=O)[O-])sc2c1CCC2. The van der Waals surface area contributed by atoms with Crippen molar-refractivity contribution >= 4 is 33.4 Å². The minimum absolute atomic E-state index is 0.136. The first-order valence-electron chi connectivity index (χ1n) is 6.75. The van der Waals surface area contributed by atoms with Gasteiger partial charge in [0.2, 0.25) is 0 Å². The Kier molecular flexibility index (Phi) is 3.67. The highest BCUT2D eigenvalue weighted by Crippen LogP contribution is 2.41. The number of nitro groups is 2. The summed E-state index contributed by atoms with van der Waals surface area (Å²) in [5.41, 5.74) is 0.907. The van der Waals surface area contributed by atoms with Crippen molar-refractivity contribution < 1.29 is 9.85 Å². The van der Waals surface area contributed by atoms with Gasteiger partial charge in [0.1, 0.15) is 16.8 Å². The molecule has 0 radical (unpaired) electrons. The van der Waals surface area contributed by atoms with Crippen molar-refractivity contribution in [3.8, 4) is 6.07 Å². The Balaban J connectivity index is 2.02. The van der Waals surface area contributed by atoms with Crippen LogP contribution in [0.15, 0.2) is 18.2 Å². The van der Waals surface area contributed by atoms with Crippen LogP contribution in [0.2, 0.25) is 0 Å². The predicted molar refractivity (Wildman–Crippen MR) is 84.1 cm³/mol. The molecule has 0 saturated heterocycles. The Morgan fingerprint density at radius 3 is 2.65 bits per heavy atom. The molecule has 0 saturated carbocycles. The highest BCUT2D eigenvalue weighted by Gasteiger charge is 2.25. The van der Waals surface area contributed by atoms with Gasteiger partial charge in [-0.2, -0.15) is 5.26 Å². The normalized spacial score (nSPS) is 12.5. The van der Waals surface area contributed by atoms with E-state index in [2.05, 4.69) is 11.4 Å². The largest absolute Gasteiger partial charge is 0.341 e. The van der Waals surface area contributed by atoms with Gasteiger partial charge in [-0.15, -0.1) is 11.3 Å². The van der Waals surface area contributed by atoms with Gasteiger partial charge in [0, 0.05) is 10.9 Å². The zero-order valence-electron chi connectivity index (χ0n) is 11.7. The second-order valence-electron chi connectivity index (χ2n) is 5.01. The Labute approximate surface area is 134 Å². The molecule has 8 nitrogen and oxygen atoms in total. The van der Waals surface area contributed by atoms with E-state index >= 15 is 0 Å². The predicted octanol–water partition coefficient (Wildman–Crippen LogP) is 3.67. The third-order valence-electron chi connectivity index (χ3n) is 3.67. The molecule has 1 heterocycles. The monoisotopic (exact) mass is 330 g/mol. The van der Waals surface area contributed by atoms with Crippen LogP contribution in [-0.4, -0.2) is 9.85 Å². The van der Waals surface area contributed by atoms with Crippen LogP contribution in [0, 0.1) is 31.6 Å². The molecule has 0 spiro atoms. The zero-order valence-corrected chi connectivity index (χ0v) is 12.6. The lowest BCUT2D eigenvalue weighted by Gasteiger charge is -2.06. The van der Waals surface area contributed by atoms with Crippen LogP contribution < -0.4 is 5.32 Å². The summed E-state index contributed by atoms with van der Waals surface area (Å²) in [4.78, 5) is 21.7. The number of benzene rings is 1. The molecule has 0 atom stereocenters. The minimum Gasteiger partial charge on any atom is -0.341 e. The van der Waals surface area contributed by atoms with Gasteiger partial charge in [-0.25, -0.2) is 0 Å². The maximum absolute atomic E-state index is 11.2. The summed E-state index contributed by atoms with van der Waals surface area (Å²) in [7, 11) is 0. The van der Waals surface area contributed by atoms with Gasteiger partial charge in [0.15, 0.2) is 0 Å². The van der Waals surface area contributed by atoms with Crippen LogP contribution in [0.3, 0.4) is 0 Å². The highest BCUT2D eigenvalue weighted by atomic mass is 32.1. The number of fused-ring (bicyclic) bond motifs is 1. The van der Waals surface area contributed by atoms with E-state index in [1.165, 1.54) is 23.5 Å². The standard InChI is InChI=1S/C14H10N4O4S/c15-7-10-9-2-1-3-13(9)23-14(10)16-11-5-4-8(17(19)20)6-12(11)18(21)22/h4-6,16H,1-3H2. The van der Waals surface area contributed by atoms with E-state index in [0.29, 0.717) is 10.6 Å². The van der Waals surface area contributed by atoms with Gasteiger partial charge in [0.25, 0.3) is 11.4 Å². The maximum atomic E-state index is 11.2. The van der Waals surface area contributed by atoms with Gasteiger partial charge in [-0.1, -0.05) is 0 Å². The van der Waals surface area contributed by atoms with E-state index in [1.807, 2.05) is 0 Å². The molecule has 0 amide bonds. The molecule has 116 valence electrons. The van der Waals surface area contributed by atoms with Crippen LogP contribution in [-0.2, 0) is 12.8 Å². The first-order valence-corrected chi connectivity index (χ1v) is 7.57. The highest BCUT2D eigenvalue weighted by molar-refractivity contribution is 7.16. The lowest BCUT2D eigenvalue weighted by Crippen LogP contribution is -1.99. The average molecular weight is 330 g/mol. The van der Waals surface area contributed by atoms with E-state index in [0.717, 1.165) is 35.8 Å². The fraction of sp³-hybridized carbons (Fsp3) is 0.214. The van der Waals surface area contributed by atoms with Gasteiger partial charge in [-0.05, 0) is 30.9 Å². The van der Waals surface area contributed by atoms with Crippen molar-refractivity contribution in [3.05, 3.63) is 54.4 Å². The van der Waals surface area contributed by atoms with Gasteiger partial charge < -0.3 is 5.32 Å². The smallest absolute Gasteiger partial charge is 0.299 e. The third kappa shape index (κ3) is 2.60. The number of anilines is 2. The van der Waals surface area contributed by atoms with E-state index in [1.54, 1.807) is 0 Å².